The van der Waals surface area contributed by atoms with Gasteiger partial charge < -0.3 is 9.67 Å². The summed E-state index contributed by atoms with van der Waals surface area (Å²) in [7, 11) is -2.05. The first kappa shape index (κ1) is 11.8. The Morgan fingerprint density at radius 3 is 2.75 bits per heavy atom. The lowest BCUT2D eigenvalue weighted by Crippen LogP contribution is -2.30. The Labute approximate surface area is 98.5 Å². The van der Waals surface area contributed by atoms with E-state index < -0.39 is 16.1 Å². The van der Waals surface area contributed by atoms with Crippen molar-refractivity contribution in [2.24, 2.45) is 7.05 Å². The largest absolute Gasteiger partial charge is 0.392 e. The van der Waals surface area contributed by atoms with Gasteiger partial charge in [0.1, 0.15) is 5.15 Å². The van der Waals surface area contributed by atoms with Gasteiger partial charge in [0.05, 0.1) is 12.4 Å². The van der Waals surface area contributed by atoms with E-state index in [1.165, 1.54) is 15.2 Å². The van der Waals surface area contributed by atoms with Crippen LogP contribution in [-0.2, 0) is 17.1 Å². The third-order valence-corrected chi connectivity index (χ3v) is 4.90. The molecule has 1 fully saturated rings. The number of aliphatic hydroxyl groups excluding tert-OH is 1. The predicted molar refractivity (Wildman–Crippen MR) is 57.6 cm³/mol. The number of hydrogen-bond donors (Lipinski definition) is 1. The number of imidazole rings is 1. The molecule has 0 unspecified atom stereocenters. The summed E-state index contributed by atoms with van der Waals surface area (Å²) < 4.78 is 26.8. The summed E-state index contributed by atoms with van der Waals surface area (Å²) in [6, 6.07) is 0. The number of aryl methyl sites for hydroxylation is 1. The Morgan fingerprint density at radius 2 is 2.31 bits per heavy atom. The second-order valence-electron chi connectivity index (χ2n) is 3.76. The van der Waals surface area contributed by atoms with Crippen LogP contribution in [0.4, 0.5) is 0 Å². The normalized spacial score (nSPS) is 22.8. The minimum Gasteiger partial charge on any atom is -0.392 e. The number of aliphatic hydroxyl groups is 1. The van der Waals surface area contributed by atoms with Crippen LogP contribution in [0.2, 0.25) is 5.15 Å². The summed E-state index contributed by atoms with van der Waals surface area (Å²) in [4.78, 5) is 3.78. The monoisotopic (exact) mass is 265 g/mol. The summed E-state index contributed by atoms with van der Waals surface area (Å²) in [5.41, 5.74) is 0. The third-order valence-electron chi connectivity index (χ3n) is 2.54. The molecular weight excluding hydrogens is 254 g/mol. The highest BCUT2D eigenvalue weighted by atomic mass is 35.5. The molecule has 1 saturated heterocycles. The Morgan fingerprint density at radius 1 is 1.62 bits per heavy atom. The van der Waals surface area contributed by atoms with Crippen LogP contribution in [0.1, 0.15) is 6.42 Å². The summed E-state index contributed by atoms with van der Waals surface area (Å²) in [5, 5.41) is 9.26. The van der Waals surface area contributed by atoms with Crippen LogP contribution in [0.5, 0.6) is 0 Å². The van der Waals surface area contributed by atoms with E-state index in [1.54, 1.807) is 7.05 Å². The van der Waals surface area contributed by atoms with E-state index in [9.17, 15) is 13.5 Å². The van der Waals surface area contributed by atoms with E-state index in [-0.39, 0.29) is 16.7 Å². The average Bonchev–Trinajstić information content (AvgIpc) is 2.76. The van der Waals surface area contributed by atoms with Crippen molar-refractivity contribution >= 4 is 21.6 Å². The second kappa shape index (κ2) is 3.99. The van der Waals surface area contributed by atoms with E-state index in [4.69, 9.17) is 11.6 Å². The zero-order valence-corrected chi connectivity index (χ0v) is 10.2. The molecule has 1 N–H and O–H groups in total. The number of aromatic nitrogens is 2. The SMILES string of the molecule is Cn1cnc(S(=O)(=O)N2CC[C@H](O)C2)c1Cl. The predicted octanol–water partition coefficient (Wildman–Crippen LogP) is -0.171. The first-order valence-electron chi connectivity index (χ1n) is 4.78. The molecule has 0 aliphatic carbocycles. The Hall–Kier alpha value is -0.630. The van der Waals surface area contributed by atoms with Crippen molar-refractivity contribution in [3.05, 3.63) is 11.5 Å². The van der Waals surface area contributed by atoms with Crippen molar-refractivity contribution in [1.29, 1.82) is 0 Å². The van der Waals surface area contributed by atoms with Crippen LogP contribution in [0, 0.1) is 0 Å². The van der Waals surface area contributed by atoms with E-state index in [2.05, 4.69) is 4.98 Å². The van der Waals surface area contributed by atoms with E-state index >= 15 is 0 Å². The van der Waals surface area contributed by atoms with Gasteiger partial charge in [-0.3, -0.25) is 0 Å². The molecule has 0 bridgehead atoms. The van der Waals surface area contributed by atoms with E-state index in [0.717, 1.165) is 0 Å². The van der Waals surface area contributed by atoms with Crippen molar-refractivity contribution < 1.29 is 13.5 Å². The maximum absolute atomic E-state index is 12.1. The molecule has 0 aromatic carbocycles. The van der Waals surface area contributed by atoms with Crippen LogP contribution in [0.3, 0.4) is 0 Å². The molecule has 0 amide bonds. The van der Waals surface area contributed by atoms with Gasteiger partial charge in [-0.1, -0.05) is 11.6 Å². The molecule has 2 rings (SSSR count). The lowest BCUT2D eigenvalue weighted by Gasteiger charge is -2.13. The Kier molecular flexibility index (Phi) is 2.95. The number of β-amino-alcohol motifs (C(OH)–C–C–N with tert-alkyl or cyclic N) is 1. The van der Waals surface area contributed by atoms with Crippen molar-refractivity contribution in [1.82, 2.24) is 13.9 Å². The molecule has 1 aromatic rings. The summed E-state index contributed by atoms with van der Waals surface area (Å²) in [5.74, 6) is 0. The number of rotatable bonds is 2. The standard InChI is InChI=1S/C8H12ClN3O3S/c1-11-5-10-8(7(11)9)16(14,15)12-3-2-6(13)4-12/h5-6,13H,2-4H2,1H3/t6-/m0/s1. The first-order chi connectivity index (χ1) is 7.43. The third kappa shape index (κ3) is 1.84. The highest BCUT2D eigenvalue weighted by molar-refractivity contribution is 7.89. The number of nitrogens with zero attached hydrogens (tertiary/aromatic N) is 3. The molecule has 1 aliphatic rings. The maximum atomic E-state index is 12.1. The number of sulfonamides is 1. The van der Waals surface area contributed by atoms with Gasteiger partial charge in [-0.2, -0.15) is 4.31 Å². The van der Waals surface area contributed by atoms with Gasteiger partial charge in [0.15, 0.2) is 0 Å². The molecule has 90 valence electrons. The molecule has 8 heteroatoms. The molecular formula is C8H12ClN3O3S. The van der Waals surface area contributed by atoms with Crippen molar-refractivity contribution in [3.8, 4) is 0 Å². The number of hydrogen-bond acceptors (Lipinski definition) is 4. The highest BCUT2D eigenvalue weighted by Crippen LogP contribution is 2.25. The smallest absolute Gasteiger partial charge is 0.263 e. The maximum Gasteiger partial charge on any atom is 0.263 e. The fourth-order valence-electron chi connectivity index (χ4n) is 1.62. The zero-order chi connectivity index (χ0) is 11.9. The lowest BCUT2D eigenvalue weighted by molar-refractivity contribution is 0.189. The molecule has 16 heavy (non-hydrogen) atoms. The van der Waals surface area contributed by atoms with Crippen molar-refractivity contribution in [2.75, 3.05) is 13.1 Å². The van der Waals surface area contributed by atoms with Gasteiger partial charge in [-0.15, -0.1) is 0 Å². The second-order valence-corrected chi connectivity index (χ2v) is 5.97. The van der Waals surface area contributed by atoms with Gasteiger partial charge in [-0.25, -0.2) is 13.4 Å². The first-order valence-corrected chi connectivity index (χ1v) is 6.60. The molecule has 1 aromatic heterocycles. The van der Waals surface area contributed by atoms with Crippen LogP contribution < -0.4 is 0 Å². The topological polar surface area (TPSA) is 75.4 Å². The molecule has 6 nitrogen and oxygen atoms in total. The summed E-state index contributed by atoms with van der Waals surface area (Å²) in [6.07, 6.45) is 1.20. The Bertz CT molecular complexity index is 499. The van der Waals surface area contributed by atoms with Gasteiger partial charge in [0.2, 0.25) is 5.03 Å². The van der Waals surface area contributed by atoms with E-state index in [1.807, 2.05) is 0 Å². The molecule has 0 radical (unpaired) electrons. The summed E-state index contributed by atoms with van der Waals surface area (Å²) in [6.45, 7) is 0.408. The molecule has 2 heterocycles. The molecule has 1 aliphatic heterocycles. The quantitative estimate of drug-likeness (QED) is 0.806. The zero-order valence-electron chi connectivity index (χ0n) is 8.67. The van der Waals surface area contributed by atoms with Crippen LogP contribution in [0.15, 0.2) is 11.4 Å². The summed E-state index contributed by atoms with van der Waals surface area (Å²) >= 11 is 5.84. The fourth-order valence-corrected chi connectivity index (χ4v) is 3.50. The van der Waals surface area contributed by atoms with Crippen LogP contribution >= 0.6 is 11.6 Å². The van der Waals surface area contributed by atoms with Crippen LogP contribution in [-0.4, -0.2) is 46.6 Å². The van der Waals surface area contributed by atoms with Gasteiger partial charge in [-0.05, 0) is 6.42 Å². The number of halogens is 1. The van der Waals surface area contributed by atoms with E-state index in [0.29, 0.717) is 13.0 Å². The Balaban J connectivity index is 2.36. The van der Waals surface area contributed by atoms with Crippen LogP contribution in [0.25, 0.3) is 0 Å². The minimum absolute atomic E-state index is 0.0846. The fraction of sp³-hybridized carbons (Fsp3) is 0.625. The molecule has 1 atom stereocenters. The van der Waals surface area contributed by atoms with Gasteiger partial charge >= 0.3 is 0 Å². The van der Waals surface area contributed by atoms with Gasteiger partial charge in [0, 0.05) is 20.1 Å². The average molecular weight is 266 g/mol. The highest BCUT2D eigenvalue weighted by Gasteiger charge is 2.34. The van der Waals surface area contributed by atoms with Gasteiger partial charge in [0.25, 0.3) is 10.0 Å². The van der Waals surface area contributed by atoms with Crippen molar-refractivity contribution in [3.63, 3.8) is 0 Å². The molecule has 0 saturated carbocycles. The van der Waals surface area contributed by atoms with Crippen molar-refractivity contribution in [2.45, 2.75) is 17.6 Å². The lowest BCUT2D eigenvalue weighted by atomic mass is 10.3. The molecule has 0 spiro atoms. The minimum atomic E-state index is -3.67.